The van der Waals surface area contributed by atoms with E-state index < -0.39 is 65.8 Å². The van der Waals surface area contributed by atoms with E-state index >= 15 is 0 Å². The van der Waals surface area contributed by atoms with Crippen molar-refractivity contribution in [1.82, 2.24) is 20.2 Å². The summed E-state index contributed by atoms with van der Waals surface area (Å²) in [6, 6.07) is 4.17. The standard InChI is InChI=1S/C30H33F9N6O2/c1-3-43(15-18-5-7-20(8-6-18)26(46)47)25-10-9-22(28(31,32)33)13-21(25)17-44(27-40-42-45(4-2)41-27)16-19-11-23(29(34,35)36)14-24(12-19)30(37,38)39/h9-14,18,20H,3-8,15-17H2,1-2H3,(H,46,47). The zero-order chi connectivity index (χ0) is 34.7. The highest BCUT2D eigenvalue weighted by molar-refractivity contribution is 5.70. The molecule has 0 radical (unpaired) electrons. The summed E-state index contributed by atoms with van der Waals surface area (Å²) in [7, 11) is 0. The molecule has 3 aromatic rings. The number of rotatable bonds is 11. The zero-order valence-corrected chi connectivity index (χ0v) is 25.4. The average molecular weight is 681 g/mol. The zero-order valence-electron chi connectivity index (χ0n) is 25.4. The summed E-state index contributed by atoms with van der Waals surface area (Å²) in [5.41, 5.74) is -4.05. The lowest BCUT2D eigenvalue weighted by Crippen LogP contribution is -2.34. The van der Waals surface area contributed by atoms with Crippen molar-refractivity contribution >= 4 is 17.6 Å². The lowest BCUT2D eigenvalue weighted by Gasteiger charge is -2.34. The molecule has 258 valence electrons. The van der Waals surface area contributed by atoms with Crippen molar-refractivity contribution in [1.29, 1.82) is 0 Å². The third-order valence-corrected chi connectivity index (χ3v) is 8.19. The number of hydrogen-bond donors (Lipinski definition) is 1. The Morgan fingerprint density at radius 2 is 1.43 bits per heavy atom. The quantitative estimate of drug-likeness (QED) is 0.208. The fourth-order valence-electron chi connectivity index (χ4n) is 5.73. The normalized spacial score (nSPS) is 17.5. The van der Waals surface area contributed by atoms with Gasteiger partial charge in [0.25, 0.3) is 5.95 Å². The molecule has 47 heavy (non-hydrogen) atoms. The molecule has 1 fully saturated rings. The van der Waals surface area contributed by atoms with E-state index in [4.69, 9.17) is 0 Å². The van der Waals surface area contributed by atoms with Crippen molar-refractivity contribution in [3.63, 3.8) is 0 Å². The van der Waals surface area contributed by atoms with E-state index in [1.54, 1.807) is 13.8 Å². The number of halogens is 9. The number of benzene rings is 2. The molecule has 1 aromatic heterocycles. The van der Waals surface area contributed by atoms with Crippen LogP contribution in [0.25, 0.3) is 0 Å². The van der Waals surface area contributed by atoms with Crippen LogP contribution in [0.5, 0.6) is 0 Å². The minimum absolute atomic E-state index is 0.00653. The molecular weight excluding hydrogens is 647 g/mol. The number of hydrogen-bond acceptors (Lipinski definition) is 6. The van der Waals surface area contributed by atoms with Gasteiger partial charge in [0.15, 0.2) is 0 Å². The van der Waals surface area contributed by atoms with Gasteiger partial charge in [0.05, 0.1) is 29.2 Å². The maximum atomic E-state index is 13.9. The van der Waals surface area contributed by atoms with Crippen LogP contribution < -0.4 is 9.80 Å². The van der Waals surface area contributed by atoms with Crippen LogP contribution in [0.3, 0.4) is 0 Å². The number of aromatic nitrogens is 4. The van der Waals surface area contributed by atoms with E-state index in [9.17, 15) is 49.4 Å². The molecular formula is C30H33F9N6O2. The van der Waals surface area contributed by atoms with Gasteiger partial charge in [-0.2, -0.15) is 44.3 Å². The molecule has 1 N–H and O–H groups in total. The van der Waals surface area contributed by atoms with Gasteiger partial charge in [0.2, 0.25) is 0 Å². The van der Waals surface area contributed by atoms with Crippen LogP contribution in [-0.2, 0) is 43.0 Å². The van der Waals surface area contributed by atoms with Crippen molar-refractivity contribution in [3.8, 4) is 0 Å². The SMILES string of the molecule is CCN(CC1CCC(C(=O)O)CC1)c1ccc(C(F)(F)F)cc1CN(Cc1cc(C(F)(F)F)cc(C(F)(F)F)c1)c1nnn(CC)n1. The van der Waals surface area contributed by atoms with Crippen LogP contribution in [-0.4, -0.2) is 44.4 Å². The average Bonchev–Trinajstić information content (AvgIpc) is 3.48. The van der Waals surface area contributed by atoms with Gasteiger partial charge in [-0.05, 0) is 98.2 Å². The Morgan fingerprint density at radius 3 is 1.91 bits per heavy atom. The lowest BCUT2D eigenvalue weighted by atomic mass is 9.81. The maximum absolute atomic E-state index is 13.9. The van der Waals surface area contributed by atoms with Crippen LogP contribution in [0.4, 0.5) is 51.1 Å². The van der Waals surface area contributed by atoms with E-state index in [0.717, 1.165) is 16.9 Å². The highest BCUT2D eigenvalue weighted by Crippen LogP contribution is 2.38. The minimum Gasteiger partial charge on any atom is -0.481 e. The summed E-state index contributed by atoms with van der Waals surface area (Å²) in [6.45, 7) is 3.37. The van der Waals surface area contributed by atoms with Crippen LogP contribution in [0, 0.1) is 11.8 Å². The second-order valence-electron chi connectivity index (χ2n) is 11.5. The Bertz CT molecular complexity index is 1500. The first kappa shape index (κ1) is 35.8. The van der Waals surface area contributed by atoms with Gasteiger partial charge >= 0.3 is 24.5 Å². The van der Waals surface area contributed by atoms with E-state index in [1.807, 2.05) is 4.90 Å². The Morgan fingerprint density at radius 1 is 0.830 bits per heavy atom. The number of anilines is 2. The van der Waals surface area contributed by atoms with E-state index in [2.05, 4.69) is 15.4 Å². The van der Waals surface area contributed by atoms with Crippen molar-refractivity contribution < 1.29 is 49.4 Å². The van der Waals surface area contributed by atoms with Crippen molar-refractivity contribution in [2.45, 2.75) is 77.7 Å². The molecule has 0 amide bonds. The Balaban J connectivity index is 1.76. The Hall–Kier alpha value is -4.05. The molecule has 1 saturated carbocycles. The molecule has 1 aliphatic carbocycles. The Labute approximate surface area is 264 Å². The Kier molecular flexibility index (Phi) is 10.6. The predicted molar refractivity (Wildman–Crippen MR) is 152 cm³/mol. The maximum Gasteiger partial charge on any atom is 0.416 e. The van der Waals surface area contributed by atoms with E-state index in [1.165, 1.54) is 11.0 Å². The van der Waals surface area contributed by atoms with E-state index in [0.29, 0.717) is 56.6 Å². The largest absolute Gasteiger partial charge is 0.481 e. The number of aliphatic carboxylic acids is 1. The minimum atomic E-state index is -5.11. The molecule has 1 aliphatic rings. The summed E-state index contributed by atoms with van der Waals surface area (Å²) in [5, 5.41) is 21.2. The molecule has 8 nitrogen and oxygen atoms in total. The molecule has 17 heteroatoms. The first-order valence-corrected chi connectivity index (χ1v) is 14.9. The molecule has 0 spiro atoms. The first-order valence-electron chi connectivity index (χ1n) is 14.9. The molecule has 4 rings (SSSR count). The van der Waals surface area contributed by atoms with Crippen LogP contribution in [0.1, 0.15) is 67.3 Å². The third-order valence-electron chi connectivity index (χ3n) is 8.19. The molecule has 0 aliphatic heterocycles. The lowest BCUT2D eigenvalue weighted by molar-refractivity contribution is -0.144. The fourth-order valence-corrected chi connectivity index (χ4v) is 5.73. The highest BCUT2D eigenvalue weighted by Gasteiger charge is 2.37. The number of nitrogens with zero attached hydrogens (tertiary/aromatic N) is 6. The van der Waals surface area contributed by atoms with E-state index in [-0.39, 0.29) is 30.0 Å². The van der Waals surface area contributed by atoms with Gasteiger partial charge < -0.3 is 14.9 Å². The number of carboxylic acid groups (broad SMARTS) is 1. The smallest absolute Gasteiger partial charge is 0.416 e. The molecule has 0 unspecified atom stereocenters. The topological polar surface area (TPSA) is 87.4 Å². The summed E-state index contributed by atoms with van der Waals surface area (Å²) >= 11 is 0. The first-order chi connectivity index (χ1) is 21.9. The number of carboxylic acids is 1. The van der Waals surface area contributed by atoms with Crippen molar-refractivity contribution in [2.24, 2.45) is 11.8 Å². The molecule has 0 atom stereocenters. The van der Waals surface area contributed by atoms with Gasteiger partial charge in [0, 0.05) is 31.9 Å². The highest BCUT2D eigenvalue weighted by atomic mass is 19.4. The van der Waals surface area contributed by atoms with Crippen LogP contribution >= 0.6 is 0 Å². The van der Waals surface area contributed by atoms with Gasteiger partial charge in [-0.3, -0.25) is 4.79 Å². The van der Waals surface area contributed by atoms with Gasteiger partial charge in [-0.15, -0.1) is 5.10 Å². The van der Waals surface area contributed by atoms with Crippen LogP contribution in [0.2, 0.25) is 0 Å². The monoisotopic (exact) mass is 680 g/mol. The summed E-state index contributed by atoms with van der Waals surface area (Å²) in [4.78, 5) is 15.5. The molecule has 0 bridgehead atoms. The fraction of sp³-hybridized carbons (Fsp3) is 0.533. The number of carbonyl (C=O) groups is 1. The summed E-state index contributed by atoms with van der Waals surface area (Å²) in [5.74, 6) is -1.50. The van der Waals surface area contributed by atoms with Gasteiger partial charge in [-0.1, -0.05) is 5.10 Å². The molecule has 0 saturated heterocycles. The number of tetrazole rings is 1. The van der Waals surface area contributed by atoms with Gasteiger partial charge in [-0.25, -0.2) is 0 Å². The predicted octanol–water partition coefficient (Wildman–Crippen LogP) is 7.67. The third kappa shape index (κ3) is 9.06. The van der Waals surface area contributed by atoms with Crippen LogP contribution in [0.15, 0.2) is 36.4 Å². The number of alkyl halides is 9. The van der Waals surface area contributed by atoms with Gasteiger partial charge in [0.1, 0.15) is 0 Å². The summed E-state index contributed by atoms with van der Waals surface area (Å²) in [6.07, 6.45) is -12.9. The second-order valence-corrected chi connectivity index (χ2v) is 11.5. The molecule has 2 aromatic carbocycles. The summed E-state index contributed by atoms with van der Waals surface area (Å²) < 4.78 is 123. The molecule has 1 heterocycles. The number of aryl methyl sites for hydroxylation is 1. The van der Waals surface area contributed by atoms with Crippen molar-refractivity contribution in [2.75, 3.05) is 22.9 Å². The van der Waals surface area contributed by atoms with Crippen molar-refractivity contribution in [3.05, 3.63) is 64.2 Å². The second kappa shape index (κ2) is 14.0.